The quantitative estimate of drug-likeness (QED) is 0.559. The van der Waals surface area contributed by atoms with Crippen molar-refractivity contribution in [2.45, 2.75) is 25.7 Å². The number of hydrogen-bond acceptors (Lipinski definition) is 5. The van der Waals surface area contributed by atoms with E-state index in [0.29, 0.717) is 16.5 Å². The number of thiazole rings is 1. The first-order chi connectivity index (χ1) is 12.9. The van der Waals surface area contributed by atoms with Gasteiger partial charge in [-0.15, -0.1) is 0 Å². The van der Waals surface area contributed by atoms with E-state index in [1.807, 2.05) is 55.5 Å². The van der Waals surface area contributed by atoms with Crippen molar-refractivity contribution < 1.29 is 8.42 Å². The summed E-state index contributed by atoms with van der Waals surface area (Å²) in [5.74, 6) is 0. The van der Waals surface area contributed by atoms with Gasteiger partial charge in [0.25, 0.3) is 10.0 Å². The second-order valence-electron chi connectivity index (χ2n) is 6.29. The van der Waals surface area contributed by atoms with Crippen LogP contribution in [0.1, 0.15) is 17.0 Å². The fourth-order valence-electron chi connectivity index (χ4n) is 3.13. The molecule has 4 aromatic rings. The fourth-order valence-corrected chi connectivity index (χ4v) is 5.71. The minimum absolute atomic E-state index is 0.183. The molecule has 0 bridgehead atoms. The van der Waals surface area contributed by atoms with E-state index in [2.05, 4.69) is 14.8 Å². The van der Waals surface area contributed by atoms with E-state index >= 15 is 0 Å². The fraction of sp³-hybridized carbons (Fsp3) is 0.158. The van der Waals surface area contributed by atoms with Crippen LogP contribution in [-0.2, 0) is 10.0 Å². The Morgan fingerprint density at radius 3 is 2.44 bits per heavy atom. The van der Waals surface area contributed by atoms with Crippen LogP contribution in [0.4, 0.5) is 5.13 Å². The molecule has 0 atom stereocenters. The number of fused-ring (bicyclic) bond motifs is 1. The molecule has 0 radical (unpaired) electrons. The summed E-state index contributed by atoms with van der Waals surface area (Å²) in [6, 6.07) is 15.3. The molecule has 0 aliphatic heterocycles. The molecule has 0 unspecified atom stereocenters. The number of anilines is 1. The summed E-state index contributed by atoms with van der Waals surface area (Å²) in [6.45, 7) is 5.41. The van der Waals surface area contributed by atoms with Crippen molar-refractivity contribution in [2.24, 2.45) is 0 Å². The van der Waals surface area contributed by atoms with Gasteiger partial charge in [-0.05, 0) is 44.5 Å². The SMILES string of the molecule is Cc1nn(-c2ccccc2)c(C)c1S(=O)(=O)Nc1nc2c(C)cccc2s1. The third kappa shape index (κ3) is 3.11. The van der Waals surface area contributed by atoms with Crippen LogP contribution >= 0.6 is 11.3 Å². The lowest BCUT2D eigenvalue weighted by molar-refractivity contribution is 0.600. The predicted octanol–water partition coefficient (Wildman–Crippen LogP) is 4.21. The molecule has 4 rings (SSSR count). The molecule has 2 heterocycles. The van der Waals surface area contributed by atoms with Crippen molar-refractivity contribution >= 4 is 36.7 Å². The molecule has 2 aromatic heterocycles. The van der Waals surface area contributed by atoms with Gasteiger partial charge in [-0.2, -0.15) is 5.10 Å². The second-order valence-corrected chi connectivity index (χ2v) is 8.94. The lowest BCUT2D eigenvalue weighted by atomic mass is 10.2. The van der Waals surface area contributed by atoms with Crippen LogP contribution in [0, 0.1) is 20.8 Å². The maximum absolute atomic E-state index is 13.1. The van der Waals surface area contributed by atoms with Gasteiger partial charge in [0.05, 0.1) is 27.3 Å². The highest BCUT2D eigenvalue weighted by atomic mass is 32.2. The average Bonchev–Trinajstić information content (AvgIpc) is 3.16. The third-order valence-corrected chi connectivity index (χ3v) is 6.99. The predicted molar refractivity (Wildman–Crippen MR) is 108 cm³/mol. The van der Waals surface area contributed by atoms with E-state index < -0.39 is 10.0 Å². The molecule has 0 aliphatic rings. The molecule has 27 heavy (non-hydrogen) atoms. The van der Waals surface area contributed by atoms with Gasteiger partial charge in [-0.3, -0.25) is 4.72 Å². The summed E-state index contributed by atoms with van der Waals surface area (Å²) in [4.78, 5) is 4.63. The van der Waals surface area contributed by atoms with Gasteiger partial charge in [0.1, 0.15) is 4.90 Å². The number of aromatic nitrogens is 3. The highest BCUT2D eigenvalue weighted by molar-refractivity contribution is 7.93. The van der Waals surface area contributed by atoms with Crippen molar-refractivity contribution in [3.63, 3.8) is 0 Å². The molecule has 0 spiro atoms. The Kier molecular flexibility index (Phi) is 4.24. The molecule has 1 N–H and O–H groups in total. The maximum Gasteiger partial charge on any atom is 0.267 e. The summed E-state index contributed by atoms with van der Waals surface area (Å²) in [6.07, 6.45) is 0. The van der Waals surface area contributed by atoms with Crippen LogP contribution in [0.2, 0.25) is 0 Å². The van der Waals surface area contributed by atoms with Gasteiger partial charge in [0.2, 0.25) is 0 Å². The van der Waals surface area contributed by atoms with Crippen LogP contribution in [0.15, 0.2) is 53.4 Å². The first-order valence-electron chi connectivity index (χ1n) is 8.37. The number of aryl methyl sites for hydroxylation is 2. The summed E-state index contributed by atoms with van der Waals surface area (Å²) in [5.41, 5.74) is 3.65. The Bertz CT molecular complexity index is 1240. The maximum atomic E-state index is 13.1. The van der Waals surface area contributed by atoms with Crippen LogP contribution < -0.4 is 4.72 Å². The van der Waals surface area contributed by atoms with E-state index in [4.69, 9.17) is 0 Å². The van der Waals surface area contributed by atoms with Crippen molar-refractivity contribution in [1.29, 1.82) is 0 Å². The Labute approximate surface area is 161 Å². The van der Waals surface area contributed by atoms with Gasteiger partial charge in [0, 0.05) is 0 Å². The van der Waals surface area contributed by atoms with Crippen LogP contribution in [0.25, 0.3) is 15.9 Å². The van der Waals surface area contributed by atoms with Crippen molar-refractivity contribution in [3.05, 3.63) is 65.5 Å². The Hall–Kier alpha value is -2.71. The normalized spacial score (nSPS) is 11.8. The molecule has 0 aliphatic carbocycles. The van der Waals surface area contributed by atoms with E-state index in [0.717, 1.165) is 21.5 Å². The molecule has 138 valence electrons. The van der Waals surface area contributed by atoms with Crippen molar-refractivity contribution in [3.8, 4) is 5.69 Å². The lowest BCUT2D eigenvalue weighted by Crippen LogP contribution is -2.14. The van der Waals surface area contributed by atoms with Crippen LogP contribution in [-0.4, -0.2) is 23.2 Å². The number of hydrogen-bond donors (Lipinski definition) is 1. The first-order valence-corrected chi connectivity index (χ1v) is 10.7. The number of rotatable bonds is 4. The number of sulfonamides is 1. The molecular weight excluding hydrogens is 380 g/mol. The van der Waals surface area contributed by atoms with E-state index in [-0.39, 0.29) is 4.90 Å². The molecule has 0 amide bonds. The highest BCUT2D eigenvalue weighted by Crippen LogP contribution is 2.31. The average molecular weight is 399 g/mol. The second kappa shape index (κ2) is 6.47. The number of nitrogens with zero attached hydrogens (tertiary/aromatic N) is 3. The van der Waals surface area contributed by atoms with Gasteiger partial charge >= 0.3 is 0 Å². The Morgan fingerprint density at radius 2 is 1.74 bits per heavy atom. The van der Waals surface area contributed by atoms with Crippen LogP contribution in [0.3, 0.4) is 0 Å². The van der Waals surface area contributed by atoms with Crippen molar-refractivity contribution in [2.75, 3.05) is 4.72 Å². The van der Waals surface area contributed by atoms with Crippen molar-refractivity contribution in [1.82, 2.24) is 14.8 Å². The minimum atomic E-state index is -3.81. The summed E-state index contributed by atoms with van der Waals surface area (Å²) < 4.78 is 31.3. The summed E-state index contributed by atoms with van der Waals surface area (Å²) in [5, 5.41) is 4.78. The molecule has 6 nitrogen and oxygen atoms in total. The zero-order chi connectivity index (χ0) is 19.2. The molecule has 2 aromatic carbocycles. The summed E-state index contributed by atoms with van der Waals surface area (Å²) >= 11 is 1.32. The number of nitrogens with one attached hydrogen (secondary N) is 1. The zero-order valence-electron chi connectivity index (χ0n) is 15.1. The number of para-hydroxylation sites is 2. The monoisotopic (exact) mass is 398 g/mol. The largest absolute Gasteiger partial charge is 0.267 e. The molecule has 0 saturated carbocycles. The van der Waals surface area contributed by atoms with E-state index in [9.17, 15) is 8.42 Å². The Balaban J connectivity index is 1.76. The van der Waals surface area contributed by atoms with Gasteiger partial charge in [-0.25, -0.2) is 18.1 Å². The van der Waals surface area contributed by atoms with E-state index in [1.165, 1.54) is 11.3 Å². The van der Waals surface area contributed by atoms with E-state index in [1.54, 1.807) is 18.5 Å². The third-order valence-electron chi connectivity index (χ3n) is 4.34. The smallest absolute Gasteiger partial charge is 0.254 e. The van der Waals surface area contributed by atoms with Gasteiger partial charge in [-0.1, -0.05) is 41.7 Å². The molecular formula is C19H18N4O2S2. The molecule has 0 fully saturated rings. The molecule has 8 heteroatoms. The number of benzene rings is 2. The summed E-state index contributed by atoms with van der Waals surface area (Å²) in [7, 11) is -3.81. The topological polar surface area (TPSA) is 76.9 Å². The highest BCUT2D eigenvalue weighted by Gasteiger charge is 2.26. The molecule has 0 saturated heterocycles. The Morgan fingerprint density at radius 1 is 1.00 bits per heavy atom. The minimum Gasteiger partial charge on any atom is -0.254 e. The van der Waals surface area contributed by atoms with Gasteiger partial charge in [0.15, 0.2) is 5.13 Å². The standard InChI is InChI=1S/C19H18N4O2S2/c1-12-8-7-11-16-17(12)20-19(26-16)22-27(24,25)18-13(2)21-23(14(18)3)15-9-5-4-6-10-15/h4-11H,1-3H3,(H,20,22). The zero-order valence-corrected chi connectivity index (χ0v) is 16.7. The van der Waals surface area contributed by atoms with Crippen LogP contribution in [0.5, 0.6) is 0 Å². The van der Waals surface area contributed by atoms with Gasteiger partial charge < -0.3 is 0 Å². The lowest BCUT2D eigenvalue weighted by Gasteiger charge is -2.07. The first kappa shape index (κ1) is 17.7.